The van der Waals surface area contributed by atoms with E-state index < -0.39 is 15.9 Å². The van der Waals surface area contributed by atoms with Crippen LogP contribution < -0.4 is 5.32 Å². The first kappa shape index (κ1) is 24.3. The standard InChI is InChI=1S/C27H25N3O4S2/c1-18-9-11-19(12-10-18)25(31)21-7-3-4-8-22(21)26(32)29-27-28-23-14-13-20(17-24(23)35-27)36(33,34)30-15-5-2-6-16-30/h3-4,7-14,17H,2,5-6,15-16H2,1H3,(H,28,29,32). The van der Waals surface area contributed by atoms with Gasteiger partial charge in [0.1, 0.15) is 0 Å². The number of thiazole rings is 1. The van der Waals surface area contributed by atoms with Crippen LogP contribution in [0.2, 0.25) is 0 Å². The lowest BCUT2D eigenvalue weighted by Gasteiger charge is -2.25. The number of piperidine rings is 1. The molecule has 9 heteroatoms. The molecule has 0 spiro atoms. The maximum Gasteiger partial charge on any atom is 0.258 e. The fourth-order valence-corrected chi connectivity index (χ4v) is 6.80. The summed E-state index contributed by atoms with van der Waals surface area (Å²) in [6.45, 7) is 3.01. The van der Waals surface area contributed by atoms with Crippen LogP contribution in [0.25, 0.3) is 10.2 Å². The summed E-state index contributed by atoms with van der Waals surface area (Å²) in [6.07, 6.45) is 2.78. The van der Waals surface area contributed by atoms with Gasteiger partial charge in [-0.25, -0.2) is 13.4 Å². The first-order valence-electron chi connectivity index (χ1n) is 11.8. The summed E-state index contributed by atoms with van der Waals surface area (Å²) in [5.41, 5.74) is 2.69. The van der Waals surface area contributed by atoms with Gasteiger partial charge in [0.2, 0.25) is 10.0 Å². The number of fused-ring (bicyclic) bond motifs is 1. The number of benzene rings is 3. The van der Waals surface area contributed by atoms with Crippen LogP contribution in [0.5, 0.6) is 0 Å². The highest BCUT2D eigenvalue weighted by Gasteiger charge is 2.26. The second-order valence-corrected chi connectivity index (χ2v) is 11.8. The molecule has 0 unspecified atom stereocenters. The highest BCUT2D eigenvalue weighted by molar-refractivity contribution is 7.89. The molecule has 0 bridgehead atoms. The maximum absolute atomic E-state index is 13.1. The van der Waals surface area contributed by atoms with Gasteiger partial charge in [0, 0.05) is 24.2 Å². The Kier molecular flexibility index (Phi) is 6.70. The minimum absolute atomic E-state index is 0.229. The third kappa shape index (κ3) is 4.82. The fraction of sp³-hybridized carbons (Fsp3) is 0.222. The summed E-state index contributed by atoms with van der Waals surface area (Å²) in [6, 6.07) is 18.7. The zero-order chi connectivity index (χ0) is 25.3. The van der Waals surface area contributed by atoms with Gasteiger partial charge in [-0.3, -0.25) is 14.9 Å². The largest absolute Gasteiger partial charge is 0.298 e. The molecule has 0 radical (unpaired) electrons. The quantitative estimate of drug-likeness (QED) is 0.351. The van der Waals surface area contributed by atoms with Crippen LogP contribution in [-0.2, 0) is 10.0 Å². The molecule has 36 heavy (non-hydrogen) atoms. The van der Waals surface area contributed by atoms with E-state index >= 15 is 0 Å². The Hall–Kier alpha value is -3.40. The zero-order valence-electron chi connectivity index (χ0n) is 19.7. The average molecular weight is 520 g/mol. The summed E-state index contributed by atoms with van der Waals surface area (Å²) < 4.78 is 28.3. The summed E-state index contributed by atoms with van der Waals surface area (Å²) in [4.78, 5) is 30.9. The Bertz CT molecular complexity index is 1550. The van der Waals surface area contributed by atoms with E-state index in [4.69, 9.17) is 0 Å². The Labute approximate surface area is 213 Å². The topological polar surface area (TPSA) is 96.4 Å². The Balaban J connectivity index is 1.39. The fourth-order valence-electron chi connectivity index (χ4n) is 4.28. The zero-order valence-corrected chi connectivity index (χ0v) is 21.4. The molecular weight excluding hydrogens is 494 g/mol. The van der Waals surface area contributed by atoms with Crippen molar-refractivity contribution in [3.8, 4) is 0 Å². The minimum Gasteiger partial charge on any atom is -0.298 e. The lowest BCUT2D eigenvalue weighted by Crippen LogP contribution is -2.35. The van der Waals surface area contributed by atoms with Crippen LogP contribution in [0.4, 0.5) is 5.13 Å². The number of amides is 1. The molecule has 1 amide bonds. The Morgan fingerprint density at radius 1 is 0.917 bits per heavy atom. The molecule has 0 atom stereocenters. The smallest absolute Gasteiger partial charge is 0.258 e. The van der Waals surface area contributed by atoms with Crippen LogP contribution in [-0.4, -0.2) is 42.5 Å². The second kappa shape index (κ2) is 9.93. The molecule has 1 aliphatic heterocycles. The molecule has 1 saturated heterocycles. The summed E-state index contributed by atoms with van der Waals surface area (Å²) in [5.74, 6) is -0.691. The van der Waals surface area contributed by atoms with Crippen molar-refractivity contribution in [2.24, 2.45) is 0 Å². The molecule has 4 aromatic rings. The van der Waals surface area contributed by atoms with Gasteiger partial charge in [0.05, 0.1) is 20.7 Å². The summed E-state index contributed by atoms with van der Waals surface area (Å²) in [5, 5.41) is 3.11. The van der Waals surface area contributed by atoms with Gasteiger partial charge >= 0.3 is 0 Å². The minimum atomic E-state index is -3.57. The molecule has 7 nitrogen and oxygen atoms in total. The number of sulfonamides is 1. The van der Waals surface area contributed by atoms with Crippen molar-refractivity contribution in [2.75, 3.05) is 18.4 Å². The van der Waals surface area contributed by atoms with E-state index in [1.807, 2.05) is 19.1 Å². The predicted octanol–water partition coefficient (Wildman–Crippen LogP) is 5.26. The van der Waals surface area contributed by atoms with Crippen molar-refractivity contribution in [1.82, 2.24) is 9.29 Å². The lowest BCUT2D eigenvalue weighted by atomic mass is 9.97. The maximum atomic E-state index is 13.1. The Morgan fingerprint density at radius 2 is 1.61 bits per heavy atom. The molecule has 1 N–H and O–H groups in total. The number of nitrogens with zero attached hydrogens (tertiary/aromatic N) is 2. The van der Waals surface area contributed by atoms with Crippen LogP contribution in [0.3, 0.4) is 0 Å². The molecule has 3 aromatic carbocycles. The summed E-state index contributed by atoms with van der Waals surface area (Å²) in [7, 11) is -3.57. The first-order valence-corrected chi connectivity index (χ1v) is 14.0. The highest BCUT2D eigenvalue weighted by Crippen LogP contribution is 2.30. The number of nitrogens with one attached hydrogen (secondary N) is 1. The van der Waals surface area contributed by atoms with E-state index in [0.29, 0.717) is 39.6 Å². The van der Waals surface area contributed by atoms with Gasteiger partial charge in [-0.05, 0) is 44.0 Å². The molecule has 0 saturated carbocycles. The van der Waals surface area contributed by atoms with E-state index in [0.717, 1.165) is 24.8 Å². The lowest BCUT2D eigenvalue weighted by molar-refractivity contribution is 0.0996. The third-order valence-electron chi connectivity index (χ3n) is 6.26. The number of aromatic nitrogens is 1. The van der Waals surface area contributed by atoms with Crippen LogP contribution in [0.1, 0.15) is 51.1 Å². The van der Waals surface area contributed by atoms with Gasteiger partial charge in [0.15, 0.2) is 10.9 Å². The number of ketones is 1. The first-order chi connectivity index (χ1) is 17.3. The SMILES string of the molecule is Cc1ccc(C(=O)c2ccccc2C(=O)Nc2nc3ccc(S(=O)(=O)N4CCCCC4)cc3s2)cc1. The molecule has 2 heterocycles. The molecule has 184 valence electrons. The van der Waals surface area contributed by atoms with E-state index in [2.05, 4.69) is 10.3 Å². The van der Waals surface area contributed by atoms with Crippen molar-refractivity contribution in [3.05, 3.63) is 89.0 Å². The van der Waals surface area contributed by atoms with E-state index in [1.165, 1.54) is 15.6 Å². The van der Waals surface area contributed by atoms with Crippen LogP contribution in [0, 0.1) is 6.92 Å². The number of anilines is 1. The molecule has 0 aliphatic carbocycles. The molecule has 1 aliphatic rings. The normalized spacial score (nSPS) is 14.6. The third-order valence-corrected chi connectivity index (χ3v) is 9.09. The van der Waals surface area contributed by atoms with E-state index in [-0.39, 0.29) is 16.2 Å². The van der Waals surface area contributed by atoms with E-state index in [1.54, 1.807) is 54.6 Å². The van der Waals surface area contributed by atoms with Crippen molar-refractivity contribution in [3.63, 3.8) is 0 Å². The van der Waals surface area contributed by atoms with Gasteiger partial charge < -0.3 is 0 Å². The number of aryl methyl sites for hydroxylation is 1. The predicted molar refractivity (Wildman–Crippen MR) is 141 cm³/mol. The summed E-state index contributed by atoms with van der Waals surface area (Å²) >= 11 is 1.20. The number of hydrogen-bond acceptors (Lipinski definition) is 6. The van der Waals surface area contributed by atoms with Crippen LogP contribution >= 0.6 is 11.3 Å². The number of carbonyl (C=O) groups excluding carboxylic acids is 2. The molecule has 1 fully saturated rings. The Morgan fingerprint density at radius 3 is 2.33 bits per heavy atom. The number of hydrogen-bond donors (Lipinski definition) is 1. The monoisotopic (exact) mass is 519 g/mol. The molecular formula is C27H25N3O4S2. The number of carbonyl (C=O) groups is 2. The molecule has 5 rings (SSSR count). The average Bonchev–Trinajstić information content (AvgIpc) is 3.30. The van der Waals surface area contributed by atoms with Gasteiger partial charge in [-0.2, -0.15) is 4.31 Å². The van der Waals surface area contributed by atoms with Gasteiger partial charge in [-0.1, -0.05) is 65.8 Å². The van der Waals surface area contributed by atoms with Crippen molar-refractivity contribution < 1.29 is 18.0 Å². The molecule has 1 aromatic heterocycles. The van der Waals surface area contributed by atoms with Crippen molar-refractivity contribution >= 4 is 48.4 Å². The van der Waals surface area contributed by atoms with Gasteiger partial charge in [-0.15, -0.1) is 0 Å². The highest BCUT2D eigenvalue weighted by atomic mass is 32.2. The van der Waals surface area contributed by atoms with Gasteiger partial charge in [0.25, 0.3) is 5.91 Å². The van der Waals surface area contributed by atoms with Crippen molar-refractivity contribution in [2.45, 2.75) is 31.1 Å². The van der Waals surface area contributed by atoms with E-state index in [9.17, 15) is 18.0 Å². The van der Waals surface area contributed by atoms with Crippen LogP contribution in [0.15, 0.2) is 71.6 Å². The second-order valence-electron chi connectivity index (χ2n) is 8.81. The van der Waals surface area contributed by atoms with Crippen molar-refractivity contribution in [1.29, 1.82) is 0 Å². The number of rotatable bonds is 6.